The predicted octanol–water partition coefficient (Wildman–Crippen LogP) is 5.24. The minimum atomic E-state index is -0.582. The zero-order chi connectivity index (χ0) is 25.2. The molecule has 5 rings (SSSR count). The maximum atomic E-state index is 14.0. The number of halogens is 1. The number of nitrogens with one attached hydrogen (secondary N) is 2. The molecule has 3 heterocycles. The highest BCUT2D eigenvalue weighted by Crippen LogP contribution is 2.32. The molecular weight excluding hydrogens is 477 g/mol. The van der Waals surface area contributed by atoms with E-state index in [1.54, 1.807) is 24.3 Å². The standard InChI is InChI=1S/C26H24FN7OS/c1-33(2)15-18-5-3-8-23-29-13-21(34(18)23)22-14-30-26(36-22)31-17-11-9-16(10-12-17)25(35)32-24-19(27)6-4-7-20(24)28/h3-14H,15,28H2,1-2H3,(H,30,31)(H,32,35). The number of nitrogens with two attached hydrogens (primary N) is 1. The number of hydrogen-bond acceptors (Lipinski definition) is 7. The molecule has 4 N–H and O–H groups in total. The minimum absolute atomic E-state index is 0.0267. The first-order valence-electron chi connectivity index (χ1n) is 11.2. The van der Waals surface area contributed by atoms with Crippen LogP contribution in [0.1, 0.15) is 16.1 Å². The molecule has 5 aromatic rings. The van der Waals surface area contributed by atoms with Crippen LogP contribution < -0.4 is 16.4 Å². The van der Waals surface area contributed by atoms with E-state index in [1.165, 1.54) is 29.5 Å². The molecule has 2 aromatic carbocycles. The topological polar surface area (TPSA) is 101 Å². The van der Waals surface area contributed by atoms with Gasteiger partial charge in [-0.05, 0) is 62.6 Å². The number of imidazole rings is 1. The van der Waals surface area contributed by atoms with Crippen molar-refractivity contribution in [3.8, 4) is 10.6 Å². The Labute approximate surface area is 211 Å². The fraction of sp³-hybridized carbons (Fsp3) is 0.115. The number of hydrogen-bond donors (Lipinski definition) is 3. The van der Waals surface area contributed by atoms with E-state index < -0.39 is 11.7 Å². The van der Waals surface area contributed by atoms with Gasteiger partial charge < -0.3 is 21.3 Å². The van der Waals surface area contributed by atoms with Crippen LogP contribution in [0.2, 0.25) is 0 Å². The first-order chi connectivity index (χ1) is 17.4. The first kappa shape index (κ1) is 23.5. The van der Waals surface area contributed by atoms with Gasteiger partial charge in [0.15, 0.2) is 5.13 Å². The Balaban J connectivity index is 1.32. The summed E-state index contributed by atoms with van der Waals surface area (Å²) in [4.78, 5) is 24.7. The molecule has 10 heteroatoms. The Hall–Kier alpha value is -4.28. The third-order valence-corrected chi connectivity index (χ3v) is 6.46. The summed E-state index contributed by atoms with van der Waals surface area (Å²) in [6, 6.07) is 17.2. The maximum Gasteiger partial charge on any atom is 0.255 e. The molecule has 0 fully saturated rings. The SMILES string of the molecule is CN(C)Cc1cccc2ncc(-c3cnc(Nc4ccc(C(=O)Nc5c(N)cccc5F)cc4)s3)n12. The molecular formula is C26H24FN7OS. The Kier molecular flexibility index (Phi) is 6.36. The second-order valence-corrected chi connectivity index (χ2v) is 9.51. The van der Waals surface area contributed by atoms with E-state index in [2.05, 4.69) is 36.0 Å². The van der Waals surface area contributed by atoms with E-state index in [1.807, 2.05) is 38.6 Å². The Morgan fingerprint density at radius 2 is 1.83 bits per heavy atom. The second kappa shape index (κ2) is 9.76. The number of aromatic nitrogens is 3. The summed E-state index contributed by atoms with van der Waals surface area (Å²) in [6.45, 7) is 0.786. The van der Waals surface area contributed by atoms with Crippen molar-refractivity contribution in [1.29, 1.82) is 0 Å². The van der Waals surface area contributed by atoms with Crippen LogP contribution in [0.3, 0.4) is 0 Å². The Morgan fingerprint density at radius 3 is 2.58 bits per heavy atom. The maximum absolute atomic E-state index is 14.0. The summed E-state index contributed by atoms with van der Waals surface area (Å²) in [6.07, 6.45) is 3.69. The van der Waals surface area contributed by atoms with Crippen molar-refractivity contribution in [2.75, 3.05) is 30.5 Å². The van der Waals surface area contributed by atoms with Crippen molar-refractivity contribution in [2.24, 2.45) is 0 Å². The number of amides is 1. The summed E-state index contributed by atoms with van der Waals surface area (Å²) in [5.74, 6) is -1.03. The van der Waals surface area contributed by atoms with Gasteiger partial charge in [-0.3, -0.25) is 9.20 Å². The number of fused-ring (bicyclic) bond motifs is 1. The summed E-state index contributed by atoms with van der Waals surface area (Å²) in [5, 5.41) is 6.52. The van der Waals surface area contributed by atoms with Crippen molar-refractivity contribution in [3.05, 3.63) is 90.1 Å². The molecule has 0 atom stereocenters. The van der Waals surface area contributed by atoms with Crippen LogP contribution in [0, 0.1) is 5.82 Å². The van der Waals surface area contributed by atoms with Gasteiger partial charge in [0, 0.05) is 29.7 Å². The molecule has 36 heavy (non-hydrogen) atoms. The molecule has 0 saturated carbocycles. The second-order valence-electron chi connectivity index (χ2n) is 8.48. The largest absolute Gasteiger partial charge is 0.397 e. The van der Waals surface area contributed by atoms with Crippen LogP contribution in [0.15, 0.2) is 73.1 Å². The fourth-order valence-electron chi connectivity index (χ4n) is 3.86. The number of para-hydroxylation sites is 1. The minimum Gasteiger partial charge on any atom is -0.397 e. The van der Waals surface area contributed by atoms with Crippen molar-refractivity contribution >= 4 is 45.1 Å². The zero-order valence-corrected chi connectivity index (χ0v) is 20.5. The predicted molar refractivity (Wildman–Crippen MR) is 142 cm³/mol. The Morgan fingerprint density at radius 1 is 1.06 bits per heavy atom. The summed E-state index contributed by atoms with van der Waals surface area (Å²) in [7, 11) is 4.07. The number of nitrogens with zero attached hydrogens (tertiary/aromatic N) is 4. The summed E-state index contributed by atoms with van der Waals surface area (Å²) >= 11 is 1.51. The third kappa shape index (κ3) is 4.77. The molecule has 182 valence electrons. The van der Waals surface area contributed by atoms with Crippen LogP contribution in [0.5, 0.6) is 0 Å². The van der Waals surface area contributed by atoms with Crippen LogP contribution in [0.25, 0.3) is 16.2 Å². The number of nitrogen functional groups attached to an aromatic ring is 1. The highest BCUT2D eigenvalue weighted by molar-refractivity contribution is 7.18. The number of pyridine rings is 1. The molecule has 1 amide bonds. The van der Waals surface area contributed by atoms with Gasteiger partial charge in [-0.2, -0.15) is 0 Å². The van der Waals surface area contributed by atoms with Crippen LogP contribution in [0.4, 0.5) is 26.6 Å². The van der Waals surface area contributed by atoms with Crippen LogP contribution in [-0.2, 0) is 6.54 Å². The van der Waals surface area contributed by atoms with E-state index in [9.17, 15) is 9.18 Å². The van der Waals surface area contributed by atoms with Gasteiger partial charge >= 0.3 is 0 Å². The molecule has 0 aliphatic carbocycles. The first-order valence-corrected chi connectivity index (χ1v) is 12.0. The van der Waals surface area contributed by atoms with Crippen LogP contribution >= 0.6 is 11.3 Å². The lowest BCUT2D eigenvalue weighted by molar-refractivity contribution is 0.102. The number of thiazole rings is 1. The molecule has 0 radical (unpaired) electrons. The van der Waals surface area contributed by atoms with Gasteiger partial charge in [0.1, 0.15) is 17.2 Å². The number of carbonyl (C=O) groups is 1. The van der Waals surface area contributed by atoms with E-state index in [0.29, 0.717) is 10.7 Å². The van der Waals surface area contributed by atoms with Crippen molar-refractivity contribution in [3.63, 3.8) is 0 Å². The van der Waals surface area contributed by atoms with Gasteiger partial charge in [0.2, 0.25) is 0 Å². The lowest BCUT2D eigenvalue weighted by Gasteiger charge is -2.13. The van der Waals surface area contributed by atoms with Gasteiger partial charge in [-0.15, -0.1) is 0 Å². The molecule has 8 nitrogen and oxygen atoms in total. The molecule has 0 saturated heterocycles. The average molecular weight is 502 g/mol. The number of rotatable bonds is 7. The lowest BCUT2D eigenvalue weighted by Crippen LogP contribution is -2.14. The van der Waals surface area contributed by atoms with Gasteiger partial charge in [-0.1, -0.05) is 23.5 Å². The van der Waals surface area contributed by atoms with Crippen molar-refractivity contribution in [2.45, 2.75) is 6.54 Å². The van der Waals surface area contributed by atoms with E-state index >= 15 is 0 Å². The fourth-order valence-corrected chi connectivity index (χ4v) is 4.70. The van der Waals surface area contributed by atoms with E-state index in [0.717, 1.165) is 34.1 Å². The molecule has 0 aliphatic rings. The lowest BCUT2D eigenvalue weighted by atomic mass is 10.2. The van der Waals surface area contributed by atoms with Gasteiger partial charge in [0.25, 0.3) is 5.91 Å². The smallest absolute Gasteiger partial charge is 0.255 e. The number of carbonyl (C=O) groups excluding carboxylic acids is 1. The zero-order valence-electron chi connectivity index (χ0n) is 19.7. The van der Waals surface area contributed by atoms with Crippen molar-refractivity contribution < 1.29 is 9.18 Å². The molecule has 0 spiro atoms. The van der Waals surface area contributed by atoms with Gasteiger partial charge in [-0.25, -0.2) is 14.4 Å². The highest BCUT2D eigenvalue weighted by Gasteiger charge is 2.14. The average Bonchev–Trinajstić information content (AvgIpc) is 3.49. The molecule has 0 aliphatic heterocycles. The Bertz CT molecular complexity index is 1520. The number of benzene rings is 2. The highest BCUT2D eigenvalue weighted by atomic mass is 32.1. The third-order valence-electron chi connectivity index (χ3n) is 5.53. The quantitative estimate of drug-likeness (QED) is 0.264. The summed E-state index contributed by atoms with van der Waals surface area (Å²) < 4.78 is 16.1. The van der Waals surface area contributed by atoms with E-state index in [-0.39, 0.29) is 11.4 Å². The van der Waals surface area contributed by atoms with Crippen molar-refractivity contribution in [1.82, 2.24) is 19.3 Å². The normalized spacial score (nSPS) is 11.2. The number of anilines is 4. The molecule has 3 aromatic heterocycles. The van der Waals surface area contributed by atoms with E-state index in [4.69, 9.17) is 5.73 Å². The monoisotopic (exact) mass is 501 g/mol. The summed E-state index contributed by atoms with van der Waals surface area (Å²) in [5.41, 5.74) is 10.1. The molecule has 0 unspecified atom stereocenters. The van der Waals surface area contributed by atoms with Gasteiger partial charge in [0.05, 0.1) is 22.5 Å². The molecule has 0 bridgehead atoms. The van der Waals surface area contributed by atoms with Crippen LogP contribution in [-0.4, -0.2) is 39.3 Å².